The van der Waals surface area contributed by atoms with Gasteiger partial charge in [-0.15, -0.1) is 22.7 Å². The average molecular weight is 460 g/mol. The third-order valence-electron chi connectivity index (χ3n) is 5.72. The summed E-state index contributed by atoms with van der Waals surface area (Å²) in [5.41, 5.74) is 1.16. The Hall–Kier alpha value is -3.76. The Morgan fingerprint density at radius 2 is 1.22 bits per heavy atom. The van der Waals surface area contributed by atoms with E-state index in [-0.39, 0.29) is 24.2 Å². The van der Waals surface area contributed by atoms with Crippen molar-refractivity contribution in [2.75, 3.05) is 0 Å². The number of hydrogen-bond donors (Lipinski definition) is 0. The molecule has 0 spiro atoms. The molecule has 0 fully saturated rings. The van der Waals surface area contributed by atoms with E-state index < -0.39 is 0 Å². The molecule has 0 N–H and O–H groups in total. The highest BCUT2D eigenvalue weighted by molar-refractivity contribution is 7.17. The second-order valence-electron chi connectivity index (χ2n) is 7.45. The van der Waals surface area contributed by atoms with E-state index >= 15 is 0 Å². The van der Waals surface area contributed by atoms with E-state index in [1.807, 2.05) is 22.9 Å². The summed E-state index contributed by atoms with van der Waals surface area (Å²) in [5.74, 6) is 2.35. The van der Waals surface area contributed by atoms with Crippen molar-refractivity contribution >= 4 is 43.1 Å². The summed E-state index contributed by atoms with van der Waals surface area (Å²) in [5, 5.41) is 4.82. The quantitative estimate of drug-likeness (QED) is 0.384. The minimum absolute atomic E-state index is 0.152. The van der Waals surface area contributed by atoms with Crippen molar-refractivity contribution < 1.29 is 8.83 Å². The van der Waals surface area contributed by atoms with Gasteiger partial charge < -0.3 is 8.83 Å². The molecule has 0 aromatic carbocycles. The third kappa shape index (κ3) is 2.36. The Bertz CT molecular complexity index is 1640. The van der Waals surface area contributed by atoms with E-state index in [1.54, 1.807) is 33.8 Å². The molecule has 7 rings (SSSR count). The number of rotatable bonds is 2. The first-order valence-electron chi connectivity index (χ1n) is 9.78. The molecule has 156 valence electrons. The van der Waals surface area contributed by atoms with Gasteiger partial charge in [0.05, 0.1) is 36.4 Å². The summed E-state index contributed by atoms with van der Waals surface area (Å²) >= 11 is 2.78. The lowest BCUT2D eigenvalue weighted by molar-refractivity contribution is 0.521. The van der Waals surface area contributed by atoms with Crippen LogP contribution in [0.25, 0.3) is 43.1 Å². The van der Waals surface area contributed by atoms with Crippen LogP contribution in [-0.2, 0) is 13.1 Å². The Balaban J connectivity index is 1.43. The summed E-state index contributed by atoms with van der Waals surface area (Å²) in [6.45, 7) is 0.368. The number of nitrogens with zero attached hydrogens (tertiary/aromatic N) is 4. The first kappa shape index (κ1) is 17.9. The molecule has 8 nitrogen and oxygen atoms in total. The van der Waals surface area contributed by atoms with E-state index in [1.165, 1.54) is 22.7 Å². The van der Waals surface area contributed by atoms with Crippen LogP contribution < -0.4 is 11.1 Å². The monoisotopic (exact) mass is 460 g/mol. The lowest BCUT2D eigenvalue weighted by Crippen LogP contribution is -2.37. The van der Waals surface area contributed by atoms with Crippen molar-refractivity contribution in [2.45, 2.75) is 13.1 Å². The zero-order chi connectivity index (χ0) is 21.4. The second kappa shape index (κ2) is 6.38. The molecule has 1 aliphatic rings. The number of furan rings is 2. The van der Waals surface area contributed by atoms with Crippen LogP contribution in [0, 0.1) is 0 Å². The first-order valence-corrected chi connectivity index (χ1v) is 11.5. The van der Waals surface area contributed by atoms with Crippen molar-refractivity contribution in [1.29, 1.82) is 0 Å². The zero-order valence-corrected chi connectivity index (χ0v) is 17.9. The molecule has 0 amide bonds. The van der Waals surface area contributed by atoms with Crippen molar-refractivity contribution in [1.82, 2.24) is 19.1 Å². The lowest BCUT2D eigenvalue weighted by Gasteiger charge is -2.21. The topological polar surface area (TPSA) is 96.1 Å². The molecular weight excluding hydrogens is 448 g/mol. The summed E-state index contributed by atoms with van der Waals surface area (Å²) < 4.78 is 14.2. The van der Waals surface area contributed by atoms with Crippen molar-refractivity contribution in [3.8, 4) is 22.6 Å². The SMILES string of the molecule is O=c1c2c(-c3ccco3)csc2nc2n1Cc1nc3scc(-c4ccco4)c3c(=O)n1C2. The molecule has 0 radical (unpaired) electrons. The van der Waals surface area contributed by atoms with Gasteiger partial charge in [0.2, 0.25) is 0 Å². The largest absolute Gasteiger partial charge is 0.464 e. The number of aromatic nitrogens is 4. The minimum Gasteiger partial charge on any atom is -0.464 e. The molecule has 0 saturated carbocycles. The molecule has 10 heteroatoms. The number of fused-ring (bicyclic) bond motifs is 4. The van der Waals surface area contributed by atoms with Gasteiger partial charge >= 0.3 is 0 Å². The maximum absolute atomic E-state index is 13.4. The smallest absolute Gasteiger partial charge is 0.263 e. The average Bonchev–Trinajstić information content (AvgIpc) is 3.59. The van der Waals surface area contributed by atoms with E-state index in [4.69, 9.17) is 18.8 Å². The van der Waals surface area contributed by atoms with E-state index in [0.717, 1.165) is 11.1 Å². The van der Waals surface area contributed by atoms with Crippen LogP contribution in [-0.4, -0.2) is 19.1 Å². The molecule has 6 aromatic heterocycles. The standard InChI is InChI=1S/C22H12N4O4S2/c27-21-17-11(13-3-1-5-29-13)9-31-19(17)23-15-8-26-16(7-25(15)21)24-20-18(22(26)28)12(10-32-20)14-4-2-6-30-14/h1-6,9-10H,7-8H2. The predicted molar refractivity (Wildman–Crippen MR) is 121 cm³/mol. The number of thiophene rings is 2. The normalized spacial score (nSPS) is 13.0. The molecule has 0 aliphatic carbocycles. The van der Waals surface area contributed by atoms with Gasteiger partial charge in [0.1, 0.15) is 32.8 Å². The maximum atomic E-state index is 13.4. The fourth-order valence-corrected chi connectivity index (χ4v) is 6.08. The van der Waals surface area contributed by atoms with Crippen LogP contribution in [0.2, 0.25) is 0 Å². The molecule has 0 atom stereocenters. The molecule has 32 heavy (non-hydrogen) atoms. The maximum Gasteiger partial charge on any atom is 0.263 e. The van der Waals surface area contributed by atoms with Crippen molar-refractivity contribution in [3.63, 3.8) is 0 Å². The summed E-state index contributed by atoms with van der Waals surface area (Å²) in [6.07, 6.45) is 3.16. The van der Waals surface area contributed by atoms with E-state index in [2.05, 4.69) is 0 Å². The Labute approximate surface area is 186 Å². The second-order valence-corrected chi connectivity index (χ2v) is 9.17. The highest BCUT2D eigenvalue weighted by Gasteiger charge is 2.26. The highest BCUT2D eigenvalue weighted by Crippen LogP contribution is 2.33. The molecule has 1 aliphatic heterocycles. The van der Waals surface area contributed by atoms with Crippen LogP contribution in [0.4, 0.5) is 0 Å². The van der Waals surface area contributed by atoms with Gasteiger partial charge in [0.25, 0.3) is 11.1 Å². The van der Waals surface area contributed by atoms with Crippen LogP contribution >= 0.6 is 22.7 Å². The molecule has 0 unspecified atom stereocenters. The van der Waals surface area contributed by atoms with Gasteiger partial charge in [-0.2, -0.15) is 0 Å². The van der Waals surface area contributed by atoms with Crippen LogP contribution in [0.3, 0.4) is 0 Å². The number of hydrogen-bond acceptors (Lipinski definition) is 8. The first-order chi connectivity index (χ1) is 15.7. The van der Waals surface area contributed by atoms with Gasteiger partial charge in [0, 0.05) is 21.9 Å². The predicted octanol–water partition coefficient (Wildman–Crippen LogP) is 4.16. The van der Waals surface area contributed by atoms with Crippen LogP contribution in [0.1, 0.15) is 11.6 Å². The Morgan fingerprint density at radius 1 is 0.750 bits per heavy atom. The summed E-state index contributed by atoms with van der Waals surface area (Å²) in [7, 11) is 0. The van der Waals surface area contributed by atoms with Gasteiger partial charge in [-0.3, -0.25) is 18.7 Å². The molecule has 6 aromatic rings. The van der Waals surface area contributed by atoms with Crippen molar-refractivity contribution in [2.24, 2.45) is 0 Å². The molecule has 0 saturated heterocycles. The molecule has 0 bridgehead atoms. The van der Waals surface area contributed by atoms with Gasteiger partial charge in [-0.1, -0.05) is 0 Å². The Kier molecular flexibility index (Phi) is 3.56. The van der Waals surface area contributed by atoms with E-state index in [9.17, 15) is 9.59 Å². The van der Waals surface area contributed by atoms with Crippen LogP contribution in [0.5, 0.6) is 0 Å². The third-order valence-corrected chi connectivity index (χ3v) is 7.46. The highest BCUT2D eigenvalue weighted by atomic mass is 32.1. The van der Waals surface area contributed by atoms with Gasteiger partial charge in [-0.05, 0) is 24.3 Å². The fraction of sp³-hybridized carbons (Fsp3) is 0.0909. The molecule has 7 heterocycles. The van der Waals surface area contributed by atoms with Crippen molar-refractivity contribution in [3.05, 3.63) is 79.9 Å². The minimum atomic E-state index is -0.152. The fourth-order valence-electron chi connectivity index (χ4n) is 4.21. The van der Waals surface area contributed by atoms with Gasteiger partial charge in [0.15, 0.2) is 0 Å². The molecular formula is C22H12N4O4S2. The van der Waals surface area contributed by atoms with Gasteiger partial charge in [-0.25, -0.2) is 9.97 Å². The lowest BCUT2D eigenvalue weighted by atomic mass is 10.2. The van der Waals surface area contributed by atoms with E-state index in [0.29, 0.717) is 43.6 Å². The zero-order valence-electron chi connectivity index (χ0n) is 16.3. The summed E-state index contributed by atoms with van der Waals surface area (Å²) in [4.78, 5) is 37.6. The Morgan fingerprint density at radius 3 is 1.62 bits per heavy atom. The van der Waals surface area contributed by atoms with Crippen LogP contribution in [0.15, 0.2) is 66.0 Å². The summed E-state index contributed by atoms with van der Waals surface area (Å²) in [6, 6.07) is 7.23.